The predicted octanol–water partition coefficient (Wildman–Crippen LogP) is 4.01. The number of hydrogen-bond donors (Lipinski definition) is 1. The molecule has 2 aromatic carbocycles. The Morgan fingerprint density at radius 2 is 1.62 bits per heavy atom. The van der Waals surface area contributed by atoms with E-state index in [1.54, 1.807) is 6.07 Å². The molecule has 29 heavy (non-hydrogen) atoms. The summed E-state index contributed by atoms with van der Waals surface area (Å²) in [6.07, 6.45) is 1.35. The number of piperidine rings is 1. The van der Waals surface area contributed by atoms with Crippen LogP contribution in [0.15, 0.2) is 42.5 Å². The fourth-order valence-electron chi connectivity index (χ4n) is 4.29. The van der Waals surface area contributed by atoms with E-state index in [1.165, 1.54) is 9.86 Å². The Balaban J connectivity index is 1.52. The number of nitrogens with zero attached hydrogens (tertiary/aromatic N) is 4. The maximum absolute atomic E-state index is 12.5. The number of phenols is 1. The van der Waals surface area contributed by atoms with Crippen LogP contribution in [0.4, 0.5) is 0 Å². The molecule has 1 saturated heterocycles. The molecule has 0 atom stereocenters. The lowest BCUT2D eigenvalue weighted by Gasteiger charge is -2.49. The van der Waals surface area contributed by atoms with Gasteiger partial charge in [-0.15, -0.1) is 25.3 Å². The lowest BCUT2D eigenvalue weighted by molar-refractivity contribution is -0.301. The molecule has 1 aliphatic rings. The molecule has 0 unspecified atom stereocenters. The highest BCUT2D eigenvalue weighted by Gasteiger charge is 2.46. The first-order valence-corrected chi connectivity index (χ1v) is 9.89. The van der Waals surface area contributed by atoms with Crippen LogP contribution in [-0.2, 0) is 16.6 Å². The highest BCUT2D eigenvalue weighted by Crippen LogP contribution is 2.38. The van der Waals surface area contributed by atoms with Crippen LogP contribution in [0.2, 0.25) is 0 Å². The van der Waals surface area contributed by atoms with Crippen molar-refractivity contribution in [2.24, 2.45) is 0 Å². The second-order valence-electron chi connectivity index (χ2n) is 9.06. The quantitative estimate of drug-likeness (QED) is 0.722. The number of ether oxygens (including phenoxy) is 1. The van der Waals surface area contributed by atoms with Gasteiger partial charge in [-0.1, -0.05) is 18.2 Å². The first kappa shape index (κ1) is 19.8. The lowest BCUT2D eigenvalue weighted by atomic mass is 9.80. The van der Waals surface area contributed by atoms with Gasteiger partial charge in [0.05, 0.1) is 12.7 Å². The summed E-state index contributed by atoms with van der Waals surface area (Å²) in [5.74, 6) is 0.107. The van der Waals surface area contributed by atoms with Crippen LogP contribution in [0.3, 0.4) is 0 Å². The van der Waals surface area contributed by atoms with E-state index < -0.39 is 11.1 Å². The van der Waals surface area contributed by atoms with E-state index in [0.717, 1.165) is 16.6 Å². The molecule has 3 aromatic rings. The third-order valence-electron chi connectivity index (χ3n) is 5.58. The van der Waals surface area contributed by atoms with Crippen molar-refractivity contribution in [3.05, 3.63) is 48.0 Å². The number of aromatic hydroxyl groups is 1. The molecule has 1 radical (unpaired) electrons. The molecule has 7 heteroatoms. The van der Waals surface area contributed by atoms with E-state index in [-0.39, 0.29) is 11.9 Å². The van der Waals surface area contributed by atoms with Gasteiger partial charge < -0.3 is 9.84 Å². The number of rotatable bonds is 4. The van der Waals surface area contributed by atoms with Crippen LogP contribution in [0, 0.1) is 0 Å². The Labute approximate surface area is 170 Å². The third kappa shape index (κ3) is 3.85. The summed E-state index contributed by atoms with van der Waals surface area (Å²) >= 11 is 0. The standard InChI is InChI=1S/C22H27N4O3/c1-21(2)12-16(13-22(3,4)26(21)28)29-14-15-9-10-20(27)19(11-15)25-23-17-7-5-6-8-18(17)24-25/h5-11,16,27H,12-14H2,1-4H3. The Morgan fingerprint density at radius 1 is 1.03 bits per heavy atom. The average molecular weight is 395 g/mol. The van der Waals surface area contributed by atoms with Gasteiger partial charge in [-0.2, -0.15) is 0 Å². The SMILES string of the molecule is CC1(C)CC(OCc2ccc(O)c(-n3nc4ccccc4n3)c2)CC(C)(C)N1[O]. The van der Waals surface area contributed by atoms with Crippen molar-refractivity contribution >= 4 is 11.0 Å². The molecule has 1 fully saturated rings. The Bertz CT molecular complexity index is 977. The normalized spacial score (nSPS) is 19.6. The number of aromatic nitrogens is 3. The number of hydrogen-bond acceptors (Lipinski definition) is 5. The van der Waals surface area contributed by atoms with E-state index in [0.29, 0.717) is 25.1 Å². The van der Waals surface area contributed by atoms with Crippen molar-refractivity contribution < 1.29 is 15.1 Å². The summed E-state index contributed by atoms with van der Waals surface area (Å²) in [5, 5.41) is 32.9. The van der Waals surface area contributed by atoms with Crippen molar-refractivity contribution in [1.82, 2.24) is 20.1 Å². The van der Waals surface area contributed by atoms with Crippen LogP contribution in [0.5, 0.6) is 5.75 Å². The first-order valence-electron chi connectivity index (χ1n) is 9.89. The molecule has 4 rings (SSSR count). The van der Waals surface area contributed by atoms with Gasteiger partial charge in [0, 0.05) is 11.1 Å². The van der Waals surface area contributed by atoms with Crippen LogP contribution in [-0.4, -0.2) is 42.3 Å². The number of phenolic OH excluding ortho intramolecular Hbond substituents is 1. The summed E-state index contributed by atoms with van der Waals surface area (Å²) in [7, 11) is 0. The minimum atomic E-state index is -0.467. The number of hydroxylamine groups is 2. The third-order valence-corrected chi connectivity index (χ3v) is 5.58. The van der Waals surface area contributed by atoms with Gasteiger partial charge in [-0.3, -0.25) is 0 Å². The van der Waals surface area contributed by atoms with Crippen LogP contribution in [0.25, 0.3) is 16.7 Å². The van der Waals surface area contributed by atoms with Gasteiger partial charge in [0.25, 0.3) is 0 Å². The van der Waals surface area contributed by atoms with E-state index in [1.807, 2.05) is 64.1 Å². The minimum Gasteiger partial charge on any atom is -0.506 e. The Kier molecular flexibility index (Phi) is 4.85. The highest BCUT2D eigenvalue weighted by molar-refractivity contribution is 5.73. The predicted molar refractivity (Wildman–Crippen MR) is 109 cm³/mol. The second kappa shape index (κ2) is 7.09. The molecule has 0 amide bonds. The minimum absolute atomic E-state index is 0.00660. The lowest BCUT2D eigenvalue weighted by Crippen LogP contribution is -2.59. The van der Waals surface area contributed by atoms with E-state index in [4.69, 9.17) is 4.74 Å². The van der Waals surface area contributed by atoms with Crippen molar-refractivity contribution in [1.29, 1.82) is 0 Å². The number of benzene rings is 2. The fourth-order valence-corrected chi connectivity index (χ4v) is 4.29. The maximum Gasteiger partial charge on any atom is 0.143 e. The smallest absolute Gasteiger partial charge is 0.143 e. The zero-order valence-corrected chi connectivity index (χ0v) is 17.3. The summed E-state index contributed by atoms with van der Waals surface area (Å²) in [5.41, 5.74) is 2.03. The topological polar surface area (TPSA) is 83.3 Å². The van der Waals surface area contributed by atoms with Crippen molar-refractivity contribution in [3.8, 4) is 11.4 Å². The average Bonchev–Trinajstić information content (AvgIpc) is 3.09. The van der Waals surface area contributed by atoms with Gasteiger partial charge in [-0.25, -0.2) is 0 Å². The zero-order valence-electron chi connectivity index (χ0n) is 17.3. The monoisotopic (exact) mass is 395 g/mol. The van der Waals surface area contributed by atoms with Gasteiger partial charge in [0.15, 0.2) is 0 Å². The van der Waals surface area contributed by atoms with Crippen molar-refractivity contribution in [2.75, 3.05) is 0 Å². The maximum atomic E-state index is 12.5. The molecular weight excluding hydrogens is 368 g/mol. The molecule has 7 nitrogen and oxygen atoms in total. The zero-order chi connectivity index (χ0) is 20.8. The molecule has 1 aliphatic heterocycles. The summed E-state index contributed by atoms with van der Waals surface area (Å²) in [6, 6.07) is 12.9. The molecule has 0 bridgehead atoms. The van der Waals surface area contributed by atoms with E-state index in [2.05, 4.69) is 10.2 Å². The molecule has 1 N–H and O–H groups in total. The molecule has 0 saturated carbocycles. The van der Waals surface area contributed by atoms with Gasteiger partial charge in [0.1, 0.15) is 22.5 Å². The Morgan fingerprint density at radius 3 is 2.21 bits per heavy atom. The summed E-state index contributed by atoms with van der Waals surface area (Å²) in [4.78, 5) is 1.45. The molecular formula is C22H27N4O3. The summed E-state index contributed by atoms with van der Waals surface area (Å²) in [6.45, 7) is 8.24. The van der Waals surface area contributed by atoms with Gasteiger partial charge in [-0.05, 0) is 70.4 Å². The Hall–Kier alpha value is -2.48. The first-order chi connectivity index (χ1) is 13.7. The van der Waals surface area contributed by atoms with Crippen LogP contribution < -0.4 is 0 Å². The van der Waals surface area contributed by atoms with E-state index >= 15 is 0 Å². The number of fused-ring (bicyclic) bond motifs is 1. The molecule has 2 heterocycles. The molecule has 153 valence electrons. The van der Waals surface area contributed by atoms with Crippen LogP contribution >= 0.6 is 0 Å². The van der Waals surface area contributed by atoms with E-state index in [9.17, 15) is 10.3 Å². The molecule has 1 aromatic heterocycles. The fraction of sp³-hybridized carbons (Fsp3) is 0.455. The van der Waals surface area contributed by atoms with Crippen LogP contribution in [0.1, 0.15) is 46.1 Å². The molecule has 0 spiro atoms. The van der Waals surface area contributed by atoms with Crippen molar-refractivity contribution in [2.45, 2.75) is 64.3 Å². The van der Waals surface area contributed by atoms with Crippen molar-refractivity contribution in [3.63, 3.8) is 0 Å². The molecule has 0 aliphatic carbocycles. The second-order valence-corrected chi connectivity index (χ2v) is 9.06. The van der Waals surface area contributed by atoms with Gasteiger partial charge in [0.2, 0.25) is 0 Å². The van der Waals surface area contributed by atoms with Gasteiger partial charge >= 0.3 is 0 Å². The highest BCUT2D eigenvalue weighted by atomic mass is 16.5. The summed E-state index contributed by atoms with van der Waals surface area (Å²) < 4.78 is 6.18. The largest absolute Gasteiger partial charge is 0.506 e.